The van der Waals surface area contributed by atoms with Crippen LogP contribution in [0.5, 0.6) is 5.75 Å². The van der Waals surface area contributed by atoms with Crippen molar-refractivity contribution in [1.82, 2.24) is 0 Å². The minimum atomic E-state index is -3.01. The molecule has 1 rings (SSSR count). The summed E-state index contributed by atoms with van der Waals surface area (Å²) in [6.07, 6.45) is 0.290. The van der Waals surface area contributed by atoms with E-state index >= 15 is 0 Å². The standard InChI is InChI=1S/C12H19O4P.Na.H/c1-4-15-17(13,16-5-2)10-11-6-8-12(14-3)9-7-11;;/h6-9H,4-5,10H2,1-3H3;;. The molecular formula is C12H20NaO4P. The van der Waals surface area contributed by atoms with E-state index in [1.54, 1.807) is 21.0 Å². The molecule has 98 valence electrons. The molecule has 18 heavy (non-hydrogen) atoms. The Labute approximate surface area is 131 Å². The molecule has 0 spiro atoms. The van der Waals surface area contributed by atoms with Crippen molar-refractivity contribution in [1.29, 1.82) is 0 Å². The predicted octanol–water partition coefficient (Wildman–Crippen LogP) is 2.81. The topological polar surface area (TPSA) is 44.8 Å². The van der Waals surface area contributed by atoms with Crippen molar-refractivity contribution in [2.75, 3.05) is 20.3 Å². The molecular weight excluding hydrogens is 262 g/mol. The Morgan fingerprint density at radius 2 is 1.56 bits per heavy atom. The summed E-state index contributed by atoms with van der Waals surface area (Å²) < 4.78 is 27.8. The fourth-order valence-electron chi connectivity index (χ4n) is 1.48. The van der Waals surface area contributed by atoms with Crippen LogP contribution in [0.1, 0.15) is 19.4 Å². The van der Waals surface area contributed by atoms with Crippen LogP contribution in [0, 0.1) is 0 Å². The second-order valence-corrected chi connectivity index (χ2v) is 5.51. The Morgan fingerprint density at radius 1 is 1.06 bits per heavy atom. The predicted molar refractivity (Wildman–Crippen MR) is 74.7 cm³/mol. The average Bonchev–Trinajstić information content (AvgIpc) is 2.30. The van der Waals surface area contributed by atoms with Gasteiger partial charge in [0.1, 0.15) is 5.75 Å². The molecule has 0 aromatic heterocycles. The molecule has 0 saturated heterocycles. The number of ether oxygens (including phenoxy) is 1. The van der Waals surface area contributed by atoms with E-state index in [9.17, 15) is 4.57 Å². The molecule has 0 aliphatic rings. The van der Waals surface area contributed by atoms with Crippen LogP contribution in [0.3, 0.4) is 0 Å². The van der Waals surface area contributed by atoms with Crippen LogP contribution in [0.25, 0.3) is 0 Å². The summed E-state index contributed by atoms with van der Waals surface area (Å²) in [5.74, 6) is 0.774. The first-order valence-corrected chi connectivity index (χ1v) is 7.37. The molecule has 0 saturated carbocycles. The van der Waals surface area contributed by atoms with E-state index in [1.807, 2.05) is 24.3 Å². The van der Waals surface area contributed by atoms with Gasteiger partial charge in [-0.05, 0) is 31.5 Å². The molecule has 1 aromatic rings. The summed E-state index contributed by atoms with van der Waals surface area (Å²) >= 11 is 0. The first-order chi connectivity index (χ1) is 8.13. The van der Waals surface area contributed by atoms with Crippen LogP contribution in [0.4, 0.5) is 0 Å². The molecule has 0 aliphatic heterocycles. The summed E-state index contributed by atoms with van der Waals surface area (Å²) in [7, 11) is -1.39. The summed E-state index contributed by atoms with van der Waals surface area (Å²) in [6, 6.07) is 7.39. The van der Waals surface area contributed by atoms with Crippen LogP contribution >= 0.6 is 7.60 Å². The molecule has 0 fully saturated rings. The van der Waals surface area contributed by atoms with Gasteiger partial charge in [-0.15, -0.1) is 0 Å². The number of rotatable bonds is 7. The monoisotopic (exact) mass is 282 g/mol. The van der Waals surface area contributed by atoms with Crippen LogP contribution in [0.15, 0.2) is 24.3 Å². The van der Waals surface area contributed by atoms with Gasteiger partial charge in [-0.3, -0.25) is 4.57 Å². The summed E-state index contributed by atoms with van der Waals surface area (Å²) in [5.41, 5.74) is 0.913. The van der Waals surface area contributed by atoms with Gasteiger partial charge in [0.15, 0.2) is 0 Å². The van der Waals surface area contributed by atoms with Gasteiger partial charge in [-0.25, -0.2) is 0 Å². The number of methoxy groups -OCH3 is 1. The third-order valence-corrected chi connectivity index (χ3v) is 4.24. The van der Waals surface area contributed by atoms with E-state index < -0.39 is 7.60 Å². The fraction of sp³-hybridized carbons (Fsp3) is 0.500. The second-order valence-electron chi connectivity index (χ2n) is 3.45. The van der Waals surface area contributed by atoms with E-state index in [4.69, 9.17) is 13.8 Å². The van der Waals surface area contributed by atoms with Crippen molar-refractivity contribution in [3.63, 3.8) is 0 Å². The maximum absolute atomic E-state index is 12.3. The molecule has 0 aliphatic carbocycles. The second kappa shape index (κ2) is 9.13. The fourth-order valence-corrected chi connectivity index (χ4v) is 3.18. The molecule has 0 heterocycles. The Kier molecular flexibility index (Phi) is 9.22. The van der Waals surface area contributed by atoms with E-state index in [0.29, 0.717) is 19.4 Å². The Morgan fingerprint density at radius 3 is 1.94 bits per heavy atom. The number of benzene rings is 1. The van der Waals surface area contributed by atoms with Crippen LogP contribution < -0.4 is 4.74 Å². The van der Waals surface area contributed by atoms with E-state index in [1.165, 1.54) is 0 Å². The Bertz CT molecular complexity index is 370. The van der Waals surface area contributed by atoms with Gasteiger partial charge in [0, 0.05) is 0 Å². The molecule has 6 heteroatoms. The van der Waals surface area contributed by atoms with Gasteiger partial charge < -0.3 is 13.8 Å². The van der Waals surface area contributed by atoms with Crippen molar-refractivity contribution in [3.05, 3.63) is 29.8 Å². The van der Waals surface area contributed by atoms with Crippen LogP contribution in [-0.4, -0.2) is 49.9 Å². The van der Waals surface area contributed by atoms with Crippen molar-refractivity contribution in [2.45, 2.75) is 20.0 Å². The average molecular weight is 282 g/mol. The zero-order chi connectivity index (χ0) is 12.7. The van der Waals surface area contributed by atoms with Gasteiger partial charge in [0.25, 0.3) is 0 Å². The third-order valence-electron chi connectivity index (χ3n) is 2.19. The quantitative estimate of drug-likeness (QED) is 0.570. The van der Waals surface area contributed by atoms with E-state index in [-0.39, 0.29) is 29.6 Å². The summed E-state index contributed by atoms with van der Waals surface area (Å²) in [6.45, 7) is 4.38. The van der Waals surface area contributed by atoms with Crippen LogP contribution in [-0.2, 0) is 19.8 Å². The zero-order valence-electron chi connectivity index (χ0n) is 10.5. The molecule has 4 nitrogen and oxygen atoms in total. The molecule has 0 N–H and O–H groups in total. The number of hydrogen-bond acceptors (Lipinski definition) is 4. The molecule has 0 amide bonds. The Hall–Kier alpha value is 0.170. The minimum absolute atomic E-state index is 0. The normalized spacial score (nSPS) is 10.8. The first-order valence-electron chi connectivity index (χ1n) is 5.64. The molecule has 0 unspecified atom stereocenters. The van der Waals surface area contributed by atoms with Crippen molar-refractivity contribution in [2.24, 2.45) is 0 Å². The SMILES string of the molecule is CCOP(=O)(Cc1ccc(OC)cc1)OCC.[NaH]. The van der Waals surface area contributed by atoms with E-state index in [2.05, 4.69) is 0 Å². The molecule has 1 aromatic carbocycles. The van der Waals surface area contributed by atoms with Crippen molar-refractivity contribution < 1.29 is 18.3 Å². The van der Waals surface area contributed by atoms with Crippen molar-refractivity contribution in [3.8, 4) is 5.75 Å². The van der Waals surface area contributed by atoms with Gasteiger partial charge in [-0.1, -0.05) is 12.1 Å². The Balaban J connectivity index is 0.00000289. The molecule has 0 atom stereocenters. The van der Waals surface area contributed by atoms with Gasteiger partial charge in [-0.2, -0.15) is 0 Å². The van der Waals surface area contributed by atoms with Gasteiger partial charge >= 0.3 is 37.2 Å². The zero-order valence-corrected chi connectivity index (χ0v) is 11.4. The number of hydrogen-bond donors (Lipinski definition) is 0. The third kappa shape index (κ3) is 5.87. The first kappa shape index (κ1) is 18.2. The maximum atomic E-state index is 12.3. The summed E-state index contributed by atoms with van der Waals surface area (Å²) in [5, 5.41) is 0. The molecule has 0 bridgehead atoms. The van der Waals surface area contributed by atoms with E-state index in [0.717, 1.165) is 11.3 Å². The van der Waals surface area contributed by atoms with Gasteiger partial charge in [0.2, 0.25) is 0 Å². The van der Waals surface area contributed by atoms with Gasteiger partial charge in [0.05, 0.1) is 26.5 Å². The summed E-state index contributed by atoms with van der Waals surface area (Å²) in [4.78, 5) is 0. The molecule has 0 radical (unpaired) electrons. The van der Waals surface area contributed by atoms with Crippen LogP contribution in [0.2, 0.25) is 0 Å². The van der Waals surface area contributed by atoms with Crippen molar-refractivity contribution >= 4 is 37.2 Å².